The van der Waals surface area contributed by atoms with E-state index in [1.54, 1.807) is 6.26 Å². The number of furan rings is 1. The lowest BCUT2D eigenvalue weighted by Crippen LogP contribution is -2.50. The molecule has 0 bridgehead atoms. The maximum atomic E-state index is 12.8. The standard InChI is InChI=1S/C25H24N4O2/c26-17-21-19-9-4-5-10-20(19)23(22-11-6-16-31-22)27-24(21)28-12-14-29(15-13-28)25(30)18-7-2-1-3-8-18/h1-3,6-8,11,16H,4-5,9-10,12-15H2/p+1. The second-order valence-corrected chi connectivity index (χ2v) is 8.12. The van der Waals surface area contributed by atoms with Gasteiger partial charge in [0, 0.05) is 11.1 Å². The zero-order valence-electron chi connectivity index (χ0n) is 17.4. The predicted molar refractivity (Wildman–Crippen MR) is 117 cm³/mol. The number of nitrogens with zero attached hydrogens (tertiary/aromatic N) is 3. The molecule has 0 spiro atoms. The third-order valence-electron chi connectivity index (χ3n) is 6.33. The highest BCUT2D eigenvalue weighted by molar-refractivity contribution is 5.94. The summed E-state index contributed by atoms with van der Waals surface area (Å²) in [5.74, 6) is 1.72. The van der Waals surface area contributed by atoms with E-state index in [2.05, 4.69) is 16.0 Å². The number of aromatic amines is 1. The van der Waals surface area contributed by atoms with Crippen molar-refractivity contribution >= 4 is 11.7 Å². The number of anilines is 1. The number of carbonyl (C=O) groups is 1. The number of pyridine rings is 1. The molecule has 0 radical (unpaired) electrons. The Morgan fingerprint density at radius 1 is 0.968 bits per heavy atom. The summed E-state index contributed by atoms with van der Waals surface area (Å²) in [5, 5.41) is 10.0. The summed E-state index contributed by atoms with van der Waals surface area (Å²) in [6.07, 6.45) is 5.78. The minimum atomic E-state index is 0.0615. The van der Waals surface area contributed by atoms with Crippen LogP contribution in [0.2, 0.25) is 0 Å². The van der Waals surface area contributed by atoms with Crippen molar-refractivity contribution in [2.75, 3.05) is 31.1 Å². The fourth-order valence-electron chi connectivity index (χ4n) is 4.74. The molecular weight excluding hydrogens is 388 g/mol. The molecule has 1 aliphatic heterocycles. The van der Waals surface area contributed by atoms with Crippen LogP contribution in [-0.4, -0.2) is 37.0 Å². The molecule has 1 N–H and O–H groups in total. The zero-order chi connectivity index (χ0) is 21.2. The number of nitriles is 1. The molecule has 31 heavy (non-hydrogen) atoms. The number of H-pyrrole nitrogens is 1. The molecule has 0 unspecified atom stereocenters. The third kappa shape index (κ3) is 3.57. The second-order valence-electron chi connectivity index (χ2n) is 8.12. The molecule has 3 heterocycles. The van der Waals surface area contributed by atoms with Crippen LogP contribution in [0.1, 0.15) is 39.9 Å². The van der Waals surface area contributed by atoms with E-state index in [-0.39, 0.29) is 5.91 Å². The number of nitrogens with one attached hydrogen (secondary N) is 1. The monoisotopic (exact) mass is 413 g/mol. The molecule has 2 aromatic heterocycles. The van der Waals surface area contributed by atoms with Crippen LogP contribution in [0.5, 0.6) is 0 Å². The highest BCUT2D eigenvalue weighted by atomic mass is 16.3. The van der Waals surface area contributed by atoms with Crippen molar-refractivity contribution in [1.29, 1.82) is 5.26 Å². The Balaban J connectivity index is 1.45. The number of hydrogen-bond donors (Lipinski definition) is 0. The summed E-state index contributed by atoms with van der Waals surface area (Å²) in [7, 11) is 0. The number of hydrogen-bond acceptors (Lipinski definition) is 4. The minimum Gasteiger partial charge on any atom is -0.461 e. The van der Waals surface area contributed by atoms with E-state index in [0.29, 0.717) is 31.7 Å². The Morgan fingerprint density at radius 3 is 2.39 bits per heavy atom. The number of piperazine rings is 1. The zero-order valence-corrected chi connectivity index (χ0v) is 17.4. The molecule has 2 aliphatic rings. The average molecular weight is 414 g/mol. The number of amides is 1. The predicted octanol–water partition coefficient (Wildman–Crippen LogP) is 3.47. The van der Waals surface area contributed by atoms with E-state index in [0.717, 1.165) is 54.1 Å². The first-order chi connectivity index (χ1) is 15.3. The van der Waals surface area contributed by atoms with E-state index in [9.17, 15) is 10.1 Å². The Bertz CT molecular complexity index is 1120. The van der Waals surface area contributed by atoms with Crippen LogP contribution in [0.25, 0.3) is 11.5 Å². The number of benzene rings is 1. The van der Waals surface area contributed by atoms with Gasteiger partial charge in [0.1, 0.15) is 24.7 Å². The lowest BCUT2D eigenvalue weighted by Gasteiger charge is -2.32. The summed E-state index contributed by atoms with van der Waals surface area (Å²) in [5.41, 5.74) is 4.80. The van der Waals surface area contributed by atoms with Crippen LogP contribution >= 0.6 is 0 Å². The van der Waals surface area contributed by atoms with Crippen molar-refractivity contribution in [3.05, 3.63) is 71.0 Å². The molecule has 1 amide bonds. The lowest BCUT2D eigenvalue weighted by atomic mass is 9.87. The van der Waals surface area contributed by atoms with Crippen molar-refractivity contribution in [3.8, 4) is 17.5 Å². The molecule has 1 aliphatic carbocycles. The molecular formula is C25H25N4O2+. The van der Waals surface area contributed by atoms with Crippen molar-refractivity contribution in [1.82, 2.24) is 4.90 Å². The van der Waals surface area contributed by atoms with Gasteiger partial charge in [-0.25, -0.2) is 4.98 Å². The van der Waals surface area contributed by atoms with Gasteiger partial charge in [-0.1, -0.05) is 18.2 Å². The topological polar surface area (TPSA) is 74.6 Å². The molecule has 6 heteroatoms. The largest absolute Gasteiger partial charge is 0.461 e. The number of rotatable bonds is 3. The van der Waals surface area contributed by atoms with E-state index in [1.165, 1.54) is 5.56 Å². The van der Waals surface area contributed by atoms with Crippen molar-refractivity contribution < 1.29 is 14.2 Å². The van der Waals surface area contributed by atoms with Crippen LogP contribution in [0, 0.1) is 11.3 Å². The molecule has 1 fully saturated rings. The highest BCUT2D eigenvalue weighted by Gasteiger charge is 2.33. The Kier molecular flexibility index (Phi) is 5.17. The summed E-state index contributed by atoms with van der Waals surface area (Å²) < 4.78 is 5.71. The van der Waals surface area contributed by atoms with E-state index in [4.69, 9.17) is 4.42 Å². The van der Waals surface area contributed by atoms with Crippen LogP contribution in [0.15, 0.2) is 53.1 Å². The molecule has 6 nitrogen and oxygen atoms in total. The summed E-state index contributed by atoms with van der Waals surface area (Å²) in [6, 6.07) is 15.7. The van der Waals surface area contributed by atoms with Gasteiger partial charge < -0.3 is 9.32 Å². The summed E-state index contributed by atoms with van der Waals surface area (Å²) in [4.78, 5) is 20.4. The van der Waals surface area contributed by atoms with Crippen LogP contribution in [0.4, 0.5) is 5.82 Å². The van der Waals surface area contributed by atoms with Crippen LogP contribution < -0.4 is 9.88 Å². The van der Waals surface area contributed by atoms with Gasteiger partial charge in [0.2, 0.25) is 0 Å². The number of carbonyl (C=O) groups excluding carboxylic acids is 1. The molecule has 1 saturated heterocycles. The normalized spacial score (nSPS) is 16.0. The smallest absolute Gasteiger partial charge is 0.293 e. The highest BCUT2D eigenvalue weighted by Crippen LogP contribution is 2.34. The molecule has 0 saturated carbocycles. The fourth-order valence-corrected chi connectivity index (χ4v) is 4.74. The molecule has 0 atom stereocenters. The van der Waals surface area contributed by atoms with Crippen molar-refractivity contribution in [2.45, 2.75) is 25.7 Å². The number of aromatic nitrogens is 1. The molecule has 1 aromatic carbocycles. The van der Waals surface area contributed by atoms with Crippen molar-refractivity contribution in [3.63, 3.8) is 0 Å². The molecule has 3 aromatic rings. The van der Waals surface area contributed by atoms with Gasteiger partial charge in [0.25, 0.3) is 11.7 Å². The maximum absolute atomic E-state index is 12.8. The van der Waals surface area contributed by atoms with E-state index >= 15 is 0 Å². The fraction of sp³-hybridized carbons (Fsp3) is 0.320. The maximum Gasteiger partial charge on any atom is 0.293 e. The Morgan fingerprint density at radius 2 is 1.71 bits per heavy atom. The Hall–Kier alpha value is -3.59. The third-order valence-corrected chi connectivity index (χ3v) is 6.33. The molecule has 156 valence electrons. The van der Waals surface area contributed by atoms with Gasteiger partial charge in [0.05, 0.1) is 19.4 Å². The number of fused-ring (bicyclic) bond motifs is 1. The summed E-state index contributed by atoms with van der Waals surface area (Å²) in [6.45, 7) is 2.61. The first-order valence-corrected chi connectivity index (χ1v) is 10.9. The van der Waals surface area contributed by atoms with E-state index < -0.39 is 0 Å². The summed E-state index contributed by atoms with van der Waals surface area (Å²) >= 11 is 0. The quantitative estimate of drug-likeness (QED) is 0.659. The first kappa shape index (κ1) is 19.4. The van der Waals surface area contributed by atoms with Gasteiger partial charge in [-0.05, 0) is 55.5 Å². The first-order valence-electron chi connectivity index (χ1n) is 10.9. The van der Waals surface area contributed by atoms with E-state index in [1.807, 2.05) is 47.4 Å². The van der Waals surface area contributed by atoms with Gasteiger partial charge in [-0.3, -0.25) is 9.69 Å². The van der Waals surface area contributed by atoms with Crippen LogP contribution in [0.3, 0.4) is 0 Å². The average Bonchev–Trinajstić information content (AvgIpc) is 3.38. The van der Waals surface area contributed by atoms with Gasteiger partial charge >= 0.3 is 0 Å². The lowest BCUT2D eigenvalue weighted by molar-refractivity contribution is -0.353. The minimum absolute atomic E-state index is 0.0615. The second kappa shape index (κ2) is 8.27. The molecule has 5 rings (SSSR count). The SMILES string of the molecule is N#Cc1c(N2CCN(C(=O)c3ccccc3)CC2)[nH+]c(-c2ccco2)c2c1CCCC2. The Labute approximate surface area is 181 Å². The van der Waals surface area contributed by atoms with Gasteiger partial charge in [0.15, 0.2) is 11.5 Å². The van der Waals surface area contributed by atoms with Gasteiger partial charge in [-0.15, -0.1) is 0 Å². The van der Waals surface area contributed by atoms with Crippen LogP contribution in [-0.2, 0) is 12.8 Å². The van der Waals surface area contributed by atoms with Gasteiger partial charge in [-0.2, -0.15) is 5.26 Å². The van der Waals surface area contributed by atoms with Crippen molar-refractivity contribution in [2.24, 2.45) is 0 Å².